The highest BCUT2D eigenvalue weighted by Gasteiger charge is 2.31. The summed E-state index contributed by atoms with van der Waals surface area (Å²) in [4.78, 5) is 20.6. The molecule has 3 rings (SSSR count). The maximum Gasteiger partial charge on any atom is 0.573 e. The highest BCUT2D eigenvalue weighted by Crippen LogP contribution is 2.28. The number of carbonyl (C=O) groups excluding carboxylic acids is 1. The van der Waals surface area contributed by atoms with Gasteiger partial charge in [-0.3, -0.25) is 4.84 Å². The summed E-state index contributed by atoms with van der Waals surface area (Å²) in [6, 6.07) is 8.23. The number of hydrogen-bond donors (Lipinski definition) is 1. The maximum atomic E-state index is 12.2. The zero-order chi connectivity index (χ0) is 19.4. The summed E-state index contributed by atoms with van der Waals surface area (Å²) < 4.78 is 50.4. The van der Waals surface area contributed by atoms with Crippen LogP contribution in [0.1, 0.15) is 22.2 Å². The molecule has 1 unspecified atom stereocenters. The number of hydroxylamine groups is 1. The number of alkyl halides is 3. The molecule has 10 heteroatoms. The number of ether oxygens (including phenoxy) is 3. The number of halogens is 3. The molecule has 0 fully saturated rings. The minimum absolute atomic E-state index is 0.133. The van der Waals surface area contributed by atoms with Gasteiger partial charge in [0.15, 0.2) is 0 Å². The fourth-order valence-electron chi connectivity index (χ4n) is 2.20. The van der Waals surface area contributed by atoms with Crippen molar-refractivity contribution < 1.29 is 37.0 Å². The van der Waals surface area contributed by atoms with Crippen LogP contribution < -0.4 is 15.0 Å². The van der Waals surface area contributed by atoms with E-state index in [-0.39, 0.29) is 17.3 Å². The topological polar surface area (TPSA) is 78.9 Å². The Morgan fingerprint density at radius 1 is 1.15 bits per heavy atom. The molecule has 0 spiro atoms. The van der Waals surface area contributed by atoms with Crippen molar-refractivity contribution in [1.29, 1.82) is 0 Å². The van der Waals surface area contributed by atoms with Crippen molar-refractivity contribution in [3.63, 3.8) is 0 Å². The van der Waals surface area contributed by atoms with Crippen molar-refractivity contribution in [2.75, 3.05) is 7.11 Å². The number of carbonyl (C=O) groups is 1. The van der Waals surface area contributed by atoms with Crippen LogP contribution in [0.2, 0.25) is 0 Å². The van der Waals surface area contributed by atoms with E-state index in [1.165, 1.54) is 49.7 Å². The summed E-state index contributed by atoms with van der Waals surface area (Å²) in [7, 11) is 1.25. The molecule has 2 heterocycles. The van der Waals surface area contributed by atoms with Crippen LogP contribution in [0.3, 0.4) is 0 Å². The molecule has 0 bridgehead atoms. The first-order chi connectivity index (χ1) is 12.8. The van der Waals surface area contributed by atoms with Gasteiger partial charge in [-0.05, 0) is 29.8 Å². The molecule has 0 aliphatic carbocycles. The number of hydrogen-bond acceptors (Lipinski definition) is 7. The lowest BCUT2D eigenvalue weighted by atomic mass is 10.1. The van der Waals surface area contributed by atoms with E-state index in [1.54, 1.807) is 6.08 Å². The van der Waals surface area contributed by atoms with Gasteiger partial charge in [-0.1, -0.05) is 12.1 Å². The van der Waals surface area contributed by atoms with Gasteiger partial charge in [0.25, 0.3) is 0 Å². The average Bonchev–Trinajstić information content (AvgIpc) is 3.09. The second kappa shape index (κ2) is 7.54. The van der Waals surface area contributed by atoms with Gasteiger partial charge in [0.05, 0.1) is 13.3 Å². The first-order valence-electron chi connectivity index (χ1n) is 7.55. The van der Waals surface area contributed by atoms with Gasteiger partial charge < -0.3 is 14.2 Å². The molecule has 1 N–H and O–H groups in total. The molecule has 0 radical (unpaired) electrons. The predicted molar refractivity (Wildman–Crippen MR) is 84.4 cm³/mol. The molecule has 27 heavy (non-hydrogen) atoms. The van der Waals surface area contributed by atoms with Gasteiger partial charge in [-0.15, -0.1) is 13.2 Å². The lowest BCUT2D eigenvalue weighted by molar-refractivity contribution is -0.274. The number of methoxy groups -OCH3 is 1. The van der Waals surface area contributed by atoms with E-state index >= 15 is 0 Å². The van der Waals surface area contributed by atoms with E-state index in [0.717, 1.165) is 0 Å². The number of aromatic nitrogens is 1. The summed E-state index contributed by atoms with van der Waals surface area (Å²) in [5.74, 6) is -0.279. The van der Waals surface area contributed by atoms with Gasteiger partial charge in [0, 0.05) is 6.08 Å². The number of benzene rings is 1. The van der Waals surface area contributed by atoms with E-state index in [9.17, 15) is 18.0 Å². The summed E-state index contributed by atoms with van der Waals surface area (Å²) >= 11 is 0. The van der Waals surface area contributed by atoms with Gasteiger partial charge in [0.2, 0.25) is 5.88 Å². The maximum absolute atomic E-state index is 12.2. The summed E-state index contributed by atoms with van der Waals surface area (Å²) in [6.45, 7) is 0. The van der Waals surface area contributed by atoms with Crippen LogP contribution in [0.25, 0.3) is 0 Å². The van der Waals surface area contributed by atoms with Crippen LogP contribution in [-0.2, 0) is 9.57 Å². The van der Waals surface area contributed by atoms with E-state index in [4.69, 9.17) is 9.57 Å². The lowest BCUT2D eigenvalue weighted by Gasteiger charge is -2.11. The van der Waals surface area contributed by atoms with Crippen LogP contribution in [-0.4, -0.2) is 24.4 Å². The molecule has 0 saturated carbocycles. The zero-order valence-electron chi connectivity index (χ0n) is 13.8. The zero-order valence-corrected chi connectivity index (χ0v) is 13.8. The summed E-state index contributed by atoms with van der Waals surface area (Å²) in [5.41, 5.74) is 3.29. The van der Waals surface area contributed by atoms with Crippen molar-refractivity contribution in [1.82, 2.24) is 10.5 Å². The normalized spacial score (nSPS) is 16.3. The lowest BCUT2D eigenvalue weighted by Crippen LogP contribution is -2.17. The minimum Gasteiger partial charge on any atom is -0.464 e. The van der Waals surface area contributed by atoms with Gasteiger partial charge in [0.1, 0.15) is 23.3 Å². The van der Waals surface area contributed by atoms with E-state index in [0.29, 0.717) is 11.3 Å². The Morgan fingerprint density at radius 3 is 2.44 bits per heavy atom. The molecular weight excluding hydrogens is 369 g/mol. The molecule has 7 nitrogen and oxygen atoms in total. The largest absolute Gasteiger partial charge is 0.573 e. The van der Waals surface area contributed by atoms with Crippen molar-refractivity contribution in [2.45, 2.75) is 12.5 Å². The second-order valence-electron chi connectivity index (χ2n) is 5.26. The van der Waals surface area contributed by atoms with E-state index in [2.05, 4.69) is 19.9 Å². The number of rotatable bonds is 5. The Balaban J connectivity index is 1.63. The summed E-state index contributed by atoms with van der Waals surface area (Å²) in [6.07, 6.45) is -2.38. The molecule has 1 aromatic heterocycles. The monoisotopic (exact) mass is 382 g/mol. The van der Waals surface area contributed by atoms with Crippen LogP contribution >= 0.6 is 0 Å². The fraction of sp³-hybridized carbons (Fsp3) is 0.176. The standard InChI is InChI=1S/C17H13F3N2O5/c1-24-16(23)13-7-6-12(9-21-13)25-15-8-14(27-22-15)10-2-4-11(5-3-10)26-17(18,19)20/h2-9,14,22H,1H3. The Labute approximate surface area is 151 Å². The number of esters is 1. The third kappa shape index (κ3) is 4.88. The van der Waals surface area contributed by atoms with Crippen molar-refractivity contribution >= 4 is 5.97 Å². The van der Waals surface area contributed by atoms with E-state index in [1.807, 2.05) is 0 Å². The highest BCUT2D eigenvalue weighted by atomic mass is 19.4. The van der Waals surface area contributed by atoms with Crippen LogP contribution in [0.5, 0.6) is 11.5 Å². The van der Waals surface area contributed by atoms with Crippen molar-refractivity contribution in [3.8, 4) is 11.5 Å². The SMILES string of the molecule is COC(=O)c1ccc(OC2=CC(c3ccc(OC(F)(F)F)cc3)ON2)cn1. The van der Waals surface area contributed by atoms with Crippen LogP contribution in [0.4, 0.5) is 13.2 Å². The Hall–Kier alpha value is -3.27. The fourth-order valence-corrected chi connectivity index (χ4v) is 2.20. The van der Waals surface area contributed by atoms with Gasteiger partial charge in [-0.2, -0.15) is 0 Å². The first-order valence-corrected chi connectivity index (χ1v) is 7.55. The van der Waals surface area contributed by atoms with Gasteiger partial charge >= 0.3 is 12.3 Å². The predicted octanol–water partition coefficient (Wildman–Crippen LogP) is 3.26. The molecule has 0 amide bonds. The third-order valence-corrected chi connectivity index (χ3v) is 3.39. The average molecular weight is 382 g/mol. The first kappa shape index (κ1) is 18.5. The Morgan fingerprint density at radius 2 is 1.85 bits per heavy atom. The Bertz CT molecular complexity index is 835. The van der Waals surface area contributed by atoms with Crippen LogP contribution in [0.15, 0.2) is 54.6 Å². The molecule has 1 aromatic carbocycles. The third-order valence-electron chi connectivity index (χ3n) is 3.39. The van der Waals surface area contributed by atoms with E-state index < -0.39 is 18.4 Å². The molecule has 0 saturated heterocycles. The molecular formula is C17H13F3N2O5. The number of pyridine rings is 1. The highest BCUT2D eigenvalue weighted by molar-refractivity contribution is 5.87. The Kier molecular flexibility index (Phi) is 5.17. The number of nitrogens with one attached hydrogen (secondary N) is 1. The van der Waals surface area contributed by atoms with Crippen molar-refractivity contribution in [2.24, 2.45) is 0 Å². The molecule has 1 atom stereocenters. The van der Waals surface area contributed by atoms with Crippen molar-refractivity contribution in [3.05, 3.63) is 65.8 Å². The smallest absolute Gasteiger partial charge is 0.464 e. The number of nitrogens with zero attached hydrogens (tertiary/aromatic N) is 1. The minimum atomic E-state index is -4.74. The molecule has 1 aliphatic rings. The molecule has 142 valence electrons. The molecule has 1 aliphatic heterocycles. The summed E-state index contributed by atoms with van der Waals surface area (Å²) in [5, 5.41) is 0. The quantitative estimate of drug-likeness (QED) is 0.795. The van der Waals surface area contributed by atoms with Gasteiger partial charge in [-0.25, -0.2) is 15.3 Å². The van der Waals surface area contributed by atoms with Crippen LogP contribution in [0, 0.1) is 0 Å². The second-order valence-corrected chi connectivity index (χ2v) is 5.26. The molecule has 2 aromatic rings.